The summed E-state index contributed by atoms with van der Waals surface area (Å²) >= 11 is 0. The van der Waals surface area contributed by atoms with Crippen LogP contribution in [-0.2, 0) is 24.0 Å². The minimum atomic E-state index is -1.31. The van der Waals surface area contributed by atoms with Crippen LogP contribution in [0.15, 0.2) is 9.98 Å². The van der Waals surface area contributed by atoms with Gasteiger partial charge < -0.3 is 55.5 Å². The number of hydrogen-bond acceptors (Lipinski definition) is 8. The number of amides is 4. The fourth-order valence-electron chi connectivity index (χ4n) is 3.46. The number of guanidine groups is 2. The van der Waals surface area contributed by atoms with Crippen LogP contribution in [0, 0.1) is 5.92 Å². The first kappa shape index (κ1) is 35.9. The van der Waals surface area contributed by atoms with Crippen molar-refractivity contribution in [1.29, 1.82) is 0 Å². The minimum absolute atomic E-state index is 0.000955. The Morgan fingerprint density at radius 2 is 1.27 bits per heavy atom. The Kier molecular flexibility index (Phi) is 17.0. The molecule has 17 heteroatoms. The van der Waals surface area contributed by atoms with Crippen LogP contribution in [0.25, 0.3) is 0 Å². The summed E-state index contributed by atoms with van der Waals surface area (Å²) in [6.45, 7) is 3.96. The average Bonchev–Trinajstić information content (AvgIpc) is 2.87. The molecule has 5 unspecified atom stereocenters. The van der Waals surface area contributed by atoms with Crippen LogP contribution in [0.2, 0.25) is 0 Å². The predicted octanol–water partition coefficient (Wildman–Crippen LogP) is -3.73. The van der Waals surface area contributed by atoms with Crippen molar-refractivity contribution in [2.24, 2.45) is 50.3 Å². The number of carboxylic acid groups (broad SMARTS) is 1. The molecule has 40 heavy (non-hydrogen) atoms. The molecule has 0 aromatic carbocycles. The quantitative estimate of drug-likeness (QED) is 0.0384. The molecule has 0 aliphatic rings. The van der Waals surface area contributed by atoms with Crippen LogP contribution < -0.4 is 50.4 Å². The molecule has 17 nitrogen and oxygen atoms in total. The Morgan fingerprint density at radius 1 is 0.750 bits per heavy atom. The number of rotatable bonds is 20. The standard InChI is InChI=1S/C23H45N11O6/c1-3-12(2)17(34-18(36)13(24)6-4-10-30-22(26)27)20(38)32-14(8-9-16(25)35)19(37)33-15(21(39)40)7-5-11-31-23(28)29/h12-15,17H,3-11,24H2,1-2H3,(H2,25,35)(H,32,38)(H,33,37)(H,34,36)(H,39,40)(H4,26,27,30)(H4,28,29,31). The first-order valence-corrected chi connectivity index (χ1v) is 13.0. The zero-order valence-corrected chi connectivity index (χ0v) is 23.1. The minimum Gasteiger partial charge on any atom is -0.480 e. The Labute approximate surface area is 233 Å². The highest BCUT2D eigenvalue weighted by Gasteiger charge is 2.32. The van der Waals surface area contributed by atoms with E-state index in [-0.39, 0.29) is 63.0 Å². The van der Waals surface area contributed by atoms with Crippen molar-refractivity contribution < 1.29 is 29.1 Å². The van der Waals surface area contributed by atoms with Crippen LogP contribution in [0.5, 0.6) is 0 Å². The number of hydrogen-bond donors (Lipinski definition) is 10. The number of aliphatic imine (C=N–C) groups is 2. The van der Waals surface area contributed by atoms with Gasteiger partial charge >= 0.3 is 5.97 Å². The Morgan fingerprint density at radius 3 is 1.75 bits per heavy atom. The van der Waals surface area contributed by atoms with Crippen LogP contribution in [0.4, 0.5) is 0 Å². The van der Waals surface area contributed by atoms with Crippen LogP contribution in [-0.4, -0.2) is 83.9 Å². The van der Waals surface area contributed by atoms with E-state index in [9.17, 15) is 29.1 Å². The van der Waals surface area contributed by atoms with Gasteiger partial charge in [-0.3, -0.25) is 29.2 Å². The summed E-state index contributed by atoms with van der Waals surface area (Å²) in [6.07, 6.45) is 0.968. The number of carboxylic acids is 1. The van der Waals surface area contributed by atoms with Crippen molar-refractivity contribution in [3.05, 3.63) is 0 Å². The Hall–Kier alpha value is -4.15. The van der Waals surface area contributed by atoms with E-state index in [2.05, 4.69) is 25.9 Å². The number of nitrogens with zero attached hydrogens (tertiary/aromatic N) is 2. The van der Waals surface area contributed by atoms with E-state index < -0.39 is 53.8 Å². The van der Waals surface area contributed by atoms with Crippen molar-refractivity contribution >= 4 is 41.5 Å². The number of aliphatic carboxylic acids is 1. The van der Waals surface area contributed by atoms with E-state index in [1.807, 2.05) is 6.92 Å². The molecule has 0 rings (SSSR count). The SMILES string of the molecule is CCC(C)C(NC(=O)C(N)CCCN=C(N)N)C(=O)NC(CCC(N)=O)C(=O)NC(CCCN=C(N)N)C(=O)O. The molecule has 228 valence electrons. The molecular formula is C23H45N11O6. The summed E-state index contributed by atoms with van der Waals surface area (Å²) < 4.78 is 0. The molecule has 4 amide bonds. The highest BCUT2D eigenvalue weighted by molar-refractivity contribution is 5.94. The summed E-state index contributed by atoms with van der Waals surface area (Å²) in [5.41, 5.74) is 32.2. The zero-order chi connectivity index (χ0) is 30.8. The van der Waals surface area contributed by atoms with E-state index >= 15 is 0 Å². The van der Waals surface area contributed by atoms with Gasteiger partial charge in [0.15, 0.2) is 11.9 Å². The van der Waals surface area contributed by atoms with Gasteiger partial charge in [0.25, 0.3) is 0 Å². The van der Waals surface area contributed by atoms with Crippen molar-refractivity contribution in [2.75, 3.05) is 13.1 Å². The van der Waals surface area contributed by atoms with Gasteiger partial charge in [0.2, 0.25) is 23.6 Å². The molecule has 0 aromatic rings. The highest BCUT2D eigenvalue weighted by Crippen LogP contribution is 2.11. The zero-order valence-electron chi connectivity index (χ0n) is 23.1. The maximum absolute atomic E-state index is 13.2. The largest absolute Gasteiger partial charge is 0.480 e. The van der Waals surface area contributed by atoms with Crippen LogP contribution >= 0.6 is 0 Å². The third kappa shape index (κ3) is 15.3. The normalized spacial score (nSPS) is 14.4. The van der Waals surface area contributed by atoms with Gasteiger partial charge in [-0.15, -0.1) is 0 Å². The fourth-order valence-corrected chi connectivity index (χ4v) is 3.46. The van der Waals surface area contributed by atoms with E-state index in [4.69, 9.17) is 34.4 Å². The van der Waals surface area contributed by atoms with Gasteiger partial charge in [-0.1, -0.05) is 20.3 Å². The summed E-state index contributed by atoms with van der Waals surface area (Å²) in [5, 5.41) is 17.0. The van der Waals surface area contributed by atoms with Crippen molar-refractivity contribution in [2.45, 2.75) is 83.0 Å². The van der Waals surface area contributed by atoms with E-state index in [1.54, 1.807) is 6.92 Å². The van der Waals surface area contributed by atoms with Crippen molar-refractivity contribution in [3.63, 3.8) is 0 Å². The number of carbonyl (C=O) groups is 5. The molecule has 0 bridgehead atoms. The monoisotopic (exact) mass is 571 g/mol. The molecule has 16 N–H and O–H groups in total. The first-order chi connectivity index (χ1) is 18.7. The lowest BCUT2D eigenvalue weighted by Crippen LogP contribution is -2.58. The Bertz CT molecular complexity index is 919. The van der Waals surface area contributed by atoms with Gasteiger partial charge in [-0.2, -0.15) is 0 Å². The van der Waals surface area contributed by atoms with E-state index in [0.29, 0.717) is 12.8 Å². The number of primary amides is 1. The molecule has 0 fully saturated rings. The van der Waals surface area contributed by atoms with Gasteiger partial charge in [0, 0.05) is 19.5 Å². The molecular weight excluding hydrogens is 526 g/mol. The summed E-state index contributed by atoms with van der Waals surface area (Å²) in [7, 11) is 0. The first-order valence-electron chi connectivity index (χ1n) is 13.0. The molecule has 0 spiro atoms. The average molecular weight is 572 g/mol. The van der Waals surface area contributed by atoms with E-state index in [0.717, 1.165) is 0 Å². The van der Waals surface area contributed by atoms with Gasteiger partial charge in [-0.05, 0) is 38.0 Å². The molecule has 0 aliphatic heterocycles. The lowest BCUT2D eigenvalue weighted by atomic mass is 9.96. The van der Waals surface area contributed by atoms with Crippen molar-refractivity contribution in [1.82, 2.24) is 16.0 Å². The topological polar surface area (TPSA) is 323 Å². The van der Waals surface area contributed by atoms with Crippen LogP contribution in [0.3, 0.4) is 0 Å². The maximum atomic E-state index is 13.2. The second-order valence-electron chi connectivity index (χ2n) is 9.34. The maximum Gasteiger partial charge on any atom is 0.326 e. The summed E-state index contributed by atoms with van der Waals surface area (Å²) in [6, 6.07) is -4.63. The molecule has 0 heterocycles. The van der Waals surface area contributed by atoms with Gasteiger partial charge in [0.05, 0.1) is 6.04 Å². The second-order valence-corrected chi connectivity index (χ2v) is 9.34. The highest BCUT2D eigenvalue weighted by atomic mass is 16.4. The third-order valence-corrected chi connectivity index (χ3v) is 5.97. The number of nitrogens with two attached hydrogens (primary N) is 6. The van der Waals surface area contributed by atoms with E-state index in [1.165, 1.54) is 0 Å². The van der Waals surface area contributed by atoms with Crippen LogP contribution in [0.1, 0.15) is 58.8 Å². The van der Waals surface area contributed by atoms with Gasteiger partial charge in [0.1, 0.15) is 18.1 Å². The molecule has 0 aromatic heterocycles. The van der Waals surface area contributed by atoms with Crippen molar-refractivity contribution in [3.8, 4) is 0 Å². The third-order valence-electron chi connectivity index (χ3n) is 5.97. The number of nitrogens with one attached hydrogen (secondary N) is 3. The molecule has 0 saturated carbocycles. The lowest BCUT2D eigenvalue weighted by molar-refractivity contribution is -0.142. The molecule has 0 aliphatic carbocycles. The molecule has 5 atom stereocenters. The lowest BCUT2D eigenvalue weighted by Gasteiger charge is -2.28. The van der Waals surface area contributed by atoms with Gasteiger partial charge in [-0.25, -0.2) is 4.79 Å². The summed E-state index contributed by atoms with van der Waals surface area (Å²) in [5.74, 6) is -4.76. The fraction of sp³-hybridized carbons (Fsp3) is 0.696. The molecule has 0 radical (unpaired) electrons. The summed E-state index contributed by atoms with van der Waals surface area (Å²) in [4.78, 5) is 69.6. The molecule has 0 saturated heterocycles. The number of carbonyl (C=O) groups excluding carboxylic acids is 4. The Balaban J connectivity index is 5.53. The smallest absolute Gasteiger partial charge is 0.326 e. The second kappa shape index (κ2) is 19.0. The predicted molar refractivity (Wildman–Crippen MR) is 149 cm³/mol.